The zero-order chi connectivity index (χ0) is 16.5. The maximum Gasteiger partial charge on any atom is 0.246 e. The van der Waals surface area contributed by atoms with Crippen LogP contribution in [0.3, 0.4) is 0 Å². The summed E-state index contributed by atoms with van der Waals surface area (Å²) in [5.41, 5.74) is 0.616. The SMILES string of the molecule is C[Si](C)(C)O[P+]([O-])(Cc1ccc(O)c(O)c1)O[Si](C)(C)C. The smallest absolute Gasteiger partial charge is 0.246 e. The summed E-state index contributed by atoms with van der Waals surface area (Å²) in [6.45, 7) is 11.8. The molecule has 1 aromatic rings. The lowest BCUT2D eigenvalue weighted by Crippen LogP contribution is -2.37. The van der Waals surface area contributed by atoms with Crippen molar-refractivity contribution in [1.82, 2.24) is 0 Å². The number of benzene rings is 1. The topological polar surface area (TPSA) is 82.0 Å². The Kier molecular flexibility index (Phi) is 5.64. The predicted octanol–water partition coefficient (Wildman–Crippen LogP) is 3.42. The molecule has 0 amide bonds. The highest BCUT2D eigenvalue weighted by Crippen LogP contribution is 2.59. The largest absolute Gasteiger partial charge is 0.633 e. The van der Waals surface area contributed by atoms with Crippen molar-refractivity contribution in [3.63, 3.8) is 0 Å². The summed E-state index contributed by atoms with van der Waals surface area (Å²) in [5.74, 6) is -0.439. The van der Waals surface area contributed by atoms with Gasteiger partial charge in [0, 0.05) is 0 Å². The van der Waals surface area contributed by atoms with E-state index in [4.69, 9.17) is 8.43 Å². The minimum absolute atomic E-state index is 0.0926. The number of aromatic hydroxyl groups is 2. The Balaban J connectivity index is 3.03. The van der Waals surface area contributed by atoms with Gasteiger partial charge >= 0.3 is 0 Å². The fourth-order valence-corrected chi connectivity index (χ4v) is 10.1. The van der Waals surface area contributed by atoms with E-state index in [1.807, 2.05) is 39.3 Å². The number of phenolic OH excluding ortho intramolecular Hbond substituents is 2. The molecule has 1 aromatic carbocycles. The van der Waals surface area contributed by atoms with E-state index in [1.165, 1.54) is 12.1 Å². The van der Waals surface area contributed by atoms with Crippen molar-refractivity contribution >= 4 is 24.6 Å². The molecule has 0 heterocycles. The average molecular weight is 348 g/mol. The molecule has 2 N–H and O–H groups in total. The van der Waals surface area contributed by atoms with Crippen LogP contribution in [0, 0.1) is 0 Å². The lowest BCUT2D eigenvalue weighted by Gasteiger charge is -2.37. The fraction of sp³-hybridized carbons (Fsp3) is 0.538. The molecule has 0 aliphatic carbocycles. The monoisotopic (exact) mass is 348 g/mol. The molecule has 1 rings (SSSR count). The van der Waals surface area contributed by atoms with Crippen molar-refractivity contribution in [2.24, 2.45) is 0 Å². The Morgan fingerprint density at radius 2 is 1.43 bits per heavy atom. The van der Waals surface area contributed by atoms with Crippen molar-refractivity contribution in [3.05, 3.63) is 23.8 Å². The summed E-state index contributed by atoms with van der Waals surface area (Å²) >= 11 is 0. The first-order valence-electron chi connectivity index (χ1n) is 6.81. The van der Waals surface area contributed by atoms with Crippen molar-refractivity contribution in [2.45, 2.75) is 45.4 Å². The van der Waals surface area contributed by atoms with Gasteiger partial charge < -0.3 is 15.1 Å². The van der Waals surface area contributed by atoms with E-state index in [9.17, 15) is 15.1 Å². The van der Waals surface area contributed by atoms with Crippen molar-refractivity contribution < 1.29 is 23.5 Å². The van der Waals surface area contributed by atoms with Crippen LogP contribution in [-0.2, 0) is 14.6 Å². The third-order valence-corrected chi connectivity index (χ3v) is 9.60. The Hall–Kier alpha value is -0.436. The second kappa shape index (κ2) is 6.36. The summed E-state index contributed by atoms with van der Waals surface area (Å²) in [7, 11) is -7.39. The maximum atomic E-state index is 13.1. The standard InChI is InChI=1S/C13H25O5PSi2/c1-20(2,3)17-19(16,18-21(4,5)6)10-11-7-8-12(14)13(15)9-11/h7-9,14-15H,10H2,1-6H3. The van der Waals surface area contributed by atoms with Gasteiger partial charge in [-0.2, -0.15) is 0 Å². The fourth-order valence-electron chi connectivity index (χ4n) is 1.81. The molecule has 120 valence electrons. The predicted molar refractivity (Wildman–Crippen MR) is 89.3 cm³/mol. The normalized spacial score (nSPS) is 13.5. The zero-order valence-corrected chi connectivity index (χ0v) is 16.4. The Morgan fingerprint density at radius 3 is 1.81 bits per heavy atom. The van der Waals surface area contributed by atoms with E-state index < -0.39 is 24.6 Å². The number of hydrogen-bond acceptors (Lipinski definition) is 5. The minimum atomic E-state index is -3.29. The lowest BCUT2D eigenvalue weighted by molar-refractivity contribution is -0.204. The van der Waals surface area contributed by atoms with Gasteiger partial charge in [-0.25, -0.2) is 0 Å². The van der Waals surface area contributed by atoms with Gasteiger partial charge in [0.25, 0.3) is 0 Å². The van der Waals surface area contributed by atoms with Crippen LogP contribution in [0.5, 0.6) is 11.5 Å². The molecule has 0 aliphatic heterocycles. The first kappa shape index (κ1) is 18.6. The Labute approximate surface area is 129 Å². The van der Waals surface area contributed by atoms with Gasteiger partial charge in [-0.1, -0.05) is 6.07 Å². The van der Waals surface area contributed by atoms with Crippen LogP contribution < -0.4 is 4.89 Å². The summed E-state index contributed by atoms with van der Waals surface area (Å²) in [4.78, 5) is 13.1. The molecule has 0 radical (unpaired) electrons. The molecule has 0 saturated heterocycles. The number of phenols is 2. The van der Waals surface area contributed by atoms with Gasteiger partial charge in [0.2, 0.25) is 24.6 Å². The van der Waals surface area contributed by atoms with Crippen LogP contribution >= 0.6 is 7.94 Å². The van der Waals surface area contributed by atoms with Crippen LogP contribution in [-0.4, -0.2) is 26.8 Å². The van der Waals surface area contributed by atoms with E-state index >= 15 is 0 Å². The van der Waals surface area contributed by atoms with Crippen LogP contribution in [0.25, 0.3) is 0 Å². The molecule has 8 heteroatoms. The third kappa shape index (κ3) is 6.91. The number of hydrogen-bond donors (Lipinski definition) is 2. The average Bonchev–Trinajstić information content (AvgIpc) is 2.17. The van der Waals surface area contributed by atoms with Gasteiger partial charge in [-0.05, 0) is 57.0 Å². The lowest BCUT2D eigenvalue weighted by atomic mass is 10.2. The van der Waals surface area contributed by atoms with E-state index in [0.29, 0.717) is 5.56 Å². The van der Waals surface area contributed by atoms with E-state index in [1.54, 1.807) is 6.07 Å². The molecule has 0 saturated carbocycles. The van der Waals surface area contributed by atoms with E-state index in [-0.39, 0.29) is 17.7 Å². The Morgan fingerprint density at radius 1 is 0.952 bits per heavy atom. The first-order valence-corrected chi connectivity index (χ1v) is 15.4. The number of rotatable bonds is 6. The minimum Gasteiger partial charge on any atom is -0.633 e. The summed E-state index contributed by atoms with van der Waals surface area (Å²) in [5, 5.41) is 18.9. The van der Waals surface area contributed by atoms with Gasteiger partial charge in [0.1, 0.15) is 6.16 Å². The van der Waals surface area contributed by atoms with Gasteiger partial charge in [0.15, 0.2) is 11.5 Å². The van der Waals surface area contributed by atoms with E-state index in [2.05, 4.69) is 0 Å². The highest BCUT2D eigenvalue weighted by atomic mass is 31.2. The molecule has 0 bridgehead atoms. The van der Waals surface area contributed by atoms with Gasteiger partial charge in [-0.3, -0.25) is 8.43 Å². The van der Waals surface area contributed by atoms with Gasteiger partial charge in [-0.15, -0.1) is 0 Å². The van der Waals surface area contributed by atoms with Crippen LogP contribution in [0.1, 0.15) is 5.56 Å². The molecule has 0 aromatic heterocycles. The molecular weight excluding hydrogens is 323 g/mol. The van der Waals surface area contributed by atoms with E-state index in [0.717, 1.165) is 0 Å². The molecule has 0 spiro atoms. The molecule has 0 unspecified atom stereocenters. The van der Waals surface area contributed by atoms with Crippen LogP contribution in [0.2, 0.25) is 39.3 Å². The molecule has 5 nitrogen and oxygen atoms in total. The summed E-state index contributed by atoms with van der Waals surface area (Å²) < 4.78 is 11.7. The molecule has 0 atom stereocenters. The molecule has 0 fully saturated rings. The van der Waals surface area contributed by atoms with Crippen LogP contribution in [0.4, 0.5) is 0 Å². The zero-order valence-electron chi connectivity index (χ0n) is 13.5. The highest BCUT2D eigenvalue weighted by molar-refractivity contribution is 7.61. The highest BCUT2D eigenvalue weighted by Gasteiger charge is 2.41. The van der Waals surface area contributed by atoms with Crippen molar-refractivity contribution in [2.75, 3.05) is 0 Å². The van der Waals surface area contributed by atoms with Crippen LogP contribution in [0.15, 0.2) is 18.2 Å². The van der Waals surface area contributed by atoms with Crippen molar-refractivity contribution in [1.29, 1.82) is 0 Å². The van der Waals surface area contributed by atoms with Crippen molar-refractivity contribution in [3.8, 4) is 11.5 Å². The maximum absolute atomic E-state index is 13.1. The van der Waals surface area contributed by atoms with Gasteiger partial charge in [0.05, 0.1) is 0 Å². The Bertz CT molecular complexity index is 480. The summed E-state index contributed by atoms with van der Waals surface area (Å²) in [6.07, 6.45) is 0.0926. The first-order chi connectivity index (χ1) is 9.30. The second-order valence-electron chi connectivity index (χ2n) is 7.00. The molecule has 0 aliphatic rings. The molecule has 21 heavy (non-hydrogen) atoms. The molecular formula is C13H25O5PSi2. The quantitative estimate of drug-likeness (QED) is 0.468. The second-order valence-corrected chi connectivity index (χ2v) is 18.4. The summed E-state index contributed by atoms with van der Waals surface area (Å²) in [6, 6.07) is 4.38. The third-order valence-electron chi connectivity index (χ3n) is 2.24.